The third-order valence-electron chi connectivity index (χ3n) is 2.85. The van der Waals surface area contributed by atoms with Crippen LogP contribution in [-0.4, -0.2) is 28.3 Å². The second-order valence-corrected chi connectivity index (χ2v) is 5.36. The second kappa shape index (κ2) is 6.01. The minimum Gasteiger partial charge on any atom is -0.493 e. The van der Waals surface area contributed by atoms with Gasteiger partial charge in [-0.15, -0.1) is 5.10 Å². The predicted molar refractivity (Wildman–Crippen MR) is 82.9 cm³/mol. The van der Waals surface area contributed by atoms with Crippen LogP contribution in [0.2, 0.25) is 0 Å². The lowest BCUT2D eigenvalue weighted by molar-refractivity contribution is 0.294. The maximum absolute atomic E-state index is 5.64. The Kier molecular flexibility index (Phi) is 3.92. The molecule has 1 aromatic carbocycles. The molecule has 3 aromatic rings. The fraction of sp³-hybridized carbons (Fsp3) is 0.286. The molecule has 0 amide bonds. The lowest BCUT2D eigenvalue weighted by Gasteiger charge is -2.11. The molecule has 2 heterocycles. The first-order valence-electron chi connectivity index (χ1n) is 6.68. The van der Waals surface area contributed by atoms with Gasteiger partial charge in [0.25, 0.3) is 0 Å². The van der Waals surface area contributed by atoms with Crippen LogP contribution in [0.25, 0.3) is 4.96 Å². The van der Waals surface area contributed by atoms with Gasteiger partial charge in [0.15, 0.2) is 11.5 Å². The summed E-state index contributed by atoms with van der Waals surface area (Å²) in [4.78, 5) is 5.05. The van der Waals surface area contributed by atoms with Crippen LogP contribution in [0.15, 0.2) is 30.6 Å². The first-order valence-corrected chi connectivity index (χ1v) is 7.50. The van der Waals surface area contributed by atoms with Crippen molar-refractivity contribution in [3.63, 3.8) is 0 Å². The van der Waals surface area contributed by atoms with Gasteiger partial charge in [-0.05, 0) is 18.6 Å². The van der Waals surface area contributed by atoms with Gasteiger partial charge in [0.1, 0.15) is 0 Å². The number of aromatic nitrogens is 3. The Bertz CT molecular complexity index is 709. The molecular weight excluding hydrogens is 288 g/mol. The van der Waals surface area contributed by atoms with E-state index in [1.165, 1.54) is 11.3 Å². The van der Waals surface area contributed by atoms with Crippen molar-refractivity contribution in [3.05, 3.63) is 30.6 Å². The maximum atomic E-state index is 5.64. The van der Waals surface area contributed by atoms with E-state index in [-0.39, 0.29) is 0 Å². The van der Waals surface area contributed by atoms with Crippen molar-refractivity contribution in [2.24, 2.45) is 0 Å². The summed E-state index contributed by atoms with van der Waals surface area (Å²) in [6.45, 7) is 2.74. The summed E-state index contributed by atoms with van der Waals surface area (Å²) >= 11 is 1.49. The number of ether oxygens (including phenoxy) is 2. The number of rotatable bonds is 6. The molecule has 0 aliphatic carbocycles. The lowest BCUT2D eigenvalue weighted by Crippen LogP contribution is -1.99. The van der Waals surface area contributed by atoms with Crippen molar-refractivity contribution in [1.82, 2.24) is 14.6 Å². The third-order valence-corrected chi connectivity index (χ3v) is 3.70. The lowest BCUT2D eigenvalue weighted by atomic mass is 10.3. The van der Waals surface area contributed by atoms with Crippen LogP contribution in [0.4, 0.5) is 10.8 Å². The summed E-state index contributed by atoms with van der Waals surface area (Å²) in [6, 6.07) is 5.74. The Morgan fingerprint density at radius 1 is 1.33 bits per heavy atom. The number of benzene rings is 1. The molecule has 110 valence electrons. The van der Waals surface area contributed by atoms with Crippen LogP contribution in [-0.2, 0) is 0 Å². The first kappa shape index (κ1) is 13.7. The monoisotopic (exact) mass is 304 g/mol. The van der Waals surface area contributed by atoms with E-state index < -0.39 is 0 Å². The van der Waals surface area contributed by atoms with Crippen molar-refractivity contribution in [2.75, 3.05) is 19.0 Å². The van der Waals surface area contributed by atoms with E-state index >= 15 is 0 Å². The van der Waals surface area contributed by atoms with Crippen LogP contribution in [0.1, 0.15) is 13.3 Å². The van der Waals surface area contributed by atoms with E-state index in [0.29, 0.717) is 12.4 Å². The van der Waals surface area contributed by atoms with E-state index in [4.69, 9.17) is 9.47 Å². The zero-order chi connectivity index (χ0) is 14.7. The smallest absolute Gasteiger partial charge is 0.213 e. The third kappa shape index (κ3) is 2.92. The van der Waals surface area contributed by atoms with Gasteiger partial charge in [0, 0.05) is 18.0 Å². The Morgan fingerprint density at radius 2 is 2.24 bits per heavy atom. The van der Waals surface area contributed by atoms with Crippen LogP contribution in [0.5, 0.6) is 11.5 Å². The van der Waals surface area contributed by atoms with E-state index in [9.17, 15) is 0 Å². The minimum atomic E-state index is 0.673. The number of imidazole rings is 1. The average molecular weight is 304 g/mol. The van der Waals surface area contributed by atoms with Crippen molar-refractivity contribution in [3.8, 4) is 11.5 Å². The molecule has 0 spiro atoms. The number of methoxy groups -OCH3 is 1. The molecule has 7 heteroatoms. The maximum Gasteiger partial charge on any atom is 0.213 e. The first-order chi connectivity index (χ1) is 10.3. The number of nitrogens with zero attached hydrogens (tertiary/aromatic N) is 3. The predicted octanol–water partition coefficient (Wildman–Crippen LogP) is 3.33. The Morgan fingerprint density at radius 3 is 3.00 bits per heavy atom. The molecule has 1 N–H and O–H groups in total. The van der Waals surface area contributed by atoms with Gasteiger partial charge in [0.2, 0.25) is 10.1 Å². The molecule has 0 saturated heterocycles. The van der Waals surface area contributed by atoms with Crippen molar-refractivity contribution in [2.45, 2.75) is 13.3 Å². The Labute approximate surface area is 126 Å². The standard InChI is InChI=1S/C14H16N4O2S/c1-3-8-20-11-5-4-10(9-12(11)19-2)16-13-17-18-7-6-15-14(18)21-13/h4-7,9H,3,8H2,1-2H3,(H,16,17). The van der Waals surface area contributed by atoms with Gasteiger partial charge in [-0.25, -0.2) is 9.50 Å². The summed E-state index contributed by atoms with van der Waals surface area (Å²) < 4.78 is 12.7. The molecule has 0 bridgehead atoms. The normalized spacial score (nSPS) is 10.8. The highest BCUT2D eigenvalue weighted by Crippen LogP contribution is 2.32. The molecule has 21 heavy (non-hydrogen) atoms. The van der Waals surface area contributed by atoms with Gasteiger partial charge in [0.05, 0.1) is 19.9 Å². The molecule has 0 aliphatic heterocycles. The zero-order valence-corrected chi connectivity index (χ0v) is 12.7. The topological polar surface area (TPSA) is 60.7 Å². The SMILES string of the molecule is CCCOc1ccc(Nc2nn3ccnc3s2)cc1OC. The van der Waals surface area contributed by atoms with Crippen molar-refractivity contribution < 1.29 is 9.47 Å². The molecule has 2 aromatic heterocycles. The molecule has 0 atom stereocenters. The van der Waals surface area contributed by atoms with Crippen LogP contribution < -0.4 is 14.8 Å². The Hall–Kier alpha value is -2.28. The number of fused-ring (bicyclic) bond motifs is 1. The molecule has 6 nitrogen and oxygen atoms in total. The zero-order valence-electron chi connectivity index (χ0n) is 11.9. The molecule has 0 saturated carbocycles. The van der Waals surface area contributed by atoms with E-state index in [1.54, 1.807) is 17.8 Å². The van der Waals surface area contributed by atoms with E-state index in [2.05, 4.69) is 22.3 Å². The highest BCUT2D eigenvalue weighted by atomic mass is 32.1. The Balaban J connectivity index is 1.80. The quantitative estimate of drug-likeness (QED) is 0.757. The van der Waals surface area contributed by atoms with Gasteiger partial charge < -0.3 is 14.8 Å². The summed E-state index contributed by atoms with van der Waals surface area (Å²) in [7, 11) is 1.63. The molecule has 0 unspecified atom stereocenters. The van der Waals surface area contributed by atoms with Crippen LogP contribution in [0, 0.1) is 0 Å². The van der Waals surface area contributed by atoms with Crippen molar-refractivity contribution in [1.29, 1.82) is 0 Å². The largest absolute Gasteiger partial charge is 0.493 e. The van der Waals surface area contributed by atoms with Gasteiger partial charge in [-0.2, -0.15) is 0 Å². The van der Waals surface area contributed by atoms with Crippen molar-refractivity contribution >= 4 is 27.1 Å². The summed E-state index contributed by atoms with van der Waals surface area (Å²) in [5.74, 6) is 1.45. The van der Waals surface area contributed by atoms with E-state index in [1.807, 2.05) is 24.4 Å². The molecule has 3 rings (SSSR count). The van der Waals surface area contributed by atoms with Gasteiger partial charge in [-0.1, -0.05) is 18.3 Å². The molecule has 0 aliphatic rings. The second-order valence-electron chi connectivity index (χ2n) is 4.40. The molecule has 0 radical (unpaired) electrons. The number of hydrogen-bond donors (Lipinski definition) is 1. The fourth-order valence-electron chi connectivity index (χ4n) is 1.89. The summed E-state index contributed by atoms with van der Waals surface area (Å²) in [5, 5.41) is 8.41. The number of anilines is 2. The molecule has 0 fully saturated rings. The minimum absolute atomic E-state index is 0.673. The van der Waals surface area contributed by atoms with E-state index in [0.717, 1.165) is 28.0 Å². The summed E-state index contributed by atoms with van der Waals surface area (Å²) in [5.41, 5.74) is 0.896. The van der Waals surface area contributed by atoms with Crippen LogP contribution >= 0.6 is 11.3 Å². The number of nitrogens with one attached hydrogen (secondary N) is 1. The van der Waals surface area contributed by atoms with Crippen LogP contribution in [0.3, 0.4) is 0 Å². The average Bonchev–Trinajstić information content (AvgIpc) is 3.07. The highest BCUT2D eigenvalue weighted by Gasteiger charge is 2.08. The molecular formula is C14H16N4O2S. The fourth-order valence-corrected chi connectivity index (χ4v) is 2.67. The van der Waals surface area contributed by atoms with Gasteiger partial charge >= 0.3 is 0 Å². The highest BCUT2D eigenvalue weighted by molar-refractivity contribution is 7.20. The summed E-state index contributed by atoms with van der Waals surface area (Å²) in [6.07, 6.45) is 4.51. The number of hydrogen-bond acceptors (Lipinski definition) is 6. The van der Waals surface area contributed by atoms with Gasteiger partial charge in [-0.3, -0.25) is 0 Å².